The topological polar surface area (TPSA) is 78.9 Å². The van der Waals surface area contributed by atoms with E-state index in [1.54, 1.807) is 45.2 Å². The van der Waals surface area contributed by atoms with Crippen molar-refractivity contribution in [1.29, 1.82) is 0 Å². The molecule has 0 aromatic heterocycles. The predicted octanol–water partition coefficient (Wildman–Crippen LogP) is 12.1. The molecule has 55 heavy (non-hydrogen) atoms. The van der Waals surface area contributed by atoms with Gasteiger partial charge in [-0.3, -0.25) is 14.4 Å². The number of carbonyl (C=O) groups excluding carboxylic acids is 3. The van der Waals surface area contributed by atoms with Crippen LogP contribution in [-0.2, 0) is 28.6 Å². The van der Waals surface area contributed by atoms with Crippen LogP contribution in [0.5, 0.6) is 0 Å². The van der Waals surface area contributed by atoms with Crippen LogP contribution in [0.2, 0.25) is 0 Å². The number of esters is 3. The molecule has 0 saturated heterocycles. The van der Waals surface area contributed by atoms with Crippen molar-refractivity contribution >= 4 is 85.7 Å². The van der Waals surface area contributed by atoms with E-state index in [4.69, 9.17) is 6.58 Å². The van der Waals surface area contributed by atoms with Crippen molar-refractivity contribution in [3.8, 4) is 0 Å². The third-order valence-corrected chi connectivity index (χ3v) is 7.54. The summed E-state index contributed by atoms with van der Waals surface area (Å²) in [5.74, 6) is -1.49. The summed E-state index contributed by atoms with van der Waals surface area (Å²) in [4.78, 5) is 30.6. The molecule has 0 bridgehead atoms. The second-order valence-corrected chi connectivity index (χ2v) is 16.8. The van der Waals surface area contributed by atoms with E-state index < -0.39 is 84.4 Å². The van der Waals surface area contributed by atoms with E-state index in [2.05, 4.69) is 20.8 Å². The highest BCUT2D eigenvalue weighted by Gasteiger charge is 2.54. The first-order valence-corrected chi connectivity index (χ1v) is 18.1. The molecule has 25 heteroatoms. The van der Waals surface area contributed by atoms with Crippen molar-refractivity contribution in [3.63, 3.8) is 0 Å². The Morgan fingerprint density at radius 1 is 0.582 bits per heavy atom. The smallest absolute Gasteiger partial charge is 0.431 e. The quantitative estimate of drug-likeness (QED) is 0.0368. The van der Waals surface area contributed by atoms with Crippen LogP contribution in [0.15, 0.2) is 18.7 Å². The number of allylic oxidation sites excluding steroid dienone is 1. The highest BCUT2D eigenvalue weighted by Crippen LogP contribution is 2.40. The van der Waals surface area contributed by atoms with Crippen LogP contribution in [0.25, 0.3) is 0 Å². The van der Waals surface area contributed by atoms with Gasteiger partial charge in [0.1, 0.15) is 13.2 Å². The van der Waals surface area contributed by atoms with E-state index in [0.29, 0.717) is 50.3 Å². The van der Waals surface area contributed by atoms with Gasteiger partial charge < -0.3 is 14.2 Å². The van der Waals surface area contributed by atoms with Crippen molar-refractivity contribution in [2.24, 2.45) is 0 Å². The van der Waals surface area contributed by atoms with Gasteiger partial charge in [0.15, 0.2) is 12.7 Å². The fourth-order valence-corrected chi connectivity index (χ4v) is 4.16. The van der Waals surface area contributed by atoms with Crippen molar-refractivity contribution in [2.75, 3.05) is 19.8 Å². The largest absolute Gasteiger partial charge is 0.465 e. The van der Waals surface area contributed by atoms with Gasteiger partial charge in [0.25, 0.3) is 3.68 Å². The number of carbonyl (C=O) groups is 3. The molecular formula is C30H40F16I3O6+. The first-order chi connectivity index (χ1) is 24.0. The molecule has 0 radical (unpaired) electrons. The van der Waals surface area contributed by atoms with Crippen molar-refractivity contribution in [3.05, 3.63) is 25.3 Å². The molecule has 0 N–H and O–H groups in total. The minimum Gasteiger partial charge on any atom is -0.465 e. The van der Waals surface area contributed by atoms with E-state index in [-0.39, 0.29) is 25.8 Å². The monoisotopic (exact) mass is 1180 g/mol. The lowest BCUT2D eigenvalue weighted by atomic mass is 10.0. The maximum absolute atomic E-state index is 13.1. The Morgan fingerprint density at radius 3 is 0.964 bits per heavy atom. The third-order valence-electron chi connectivity index (χ3n) is 5.33. The lowest BCUT2D eigenvalue weighted by Crippen LogP contribution is -2.40. The molecule has 6 nitrogen and oxygen atoms in total. The van der Waals surface area contributed by atoms with E-state index in [1.165, 1.54) is 13.0 Å². The van der Waals surface area contributed by atoms with Crippen molar-refractivity contribution in [1.82, 2.24) is 0 Å². The highest BCUT2D eigenvalue weighted by atomic mass is 127. The summed E-state index contributed by atoms with van der Waals surface area (Å²) in [5, 5.41) is 0. The summed E-state index contributed by atoms with van der Waals surface area (Å²) < 4.78 is 200. The maximum atomic E-state index is 13.1. The minimum absolute atomic E-state index is 0.204. The first kappa shape index (κ1) is 63.0. The summed E-state index contributed by atoms with van der Waals surface area (Å²) in [6.45, 7) is 13.2. The molecule has 0 aliphatic heterocycles. The average molecular weight is 1180 g/mol. The molecule has 0 aromatic rings. The third kappa shape index (κ3) is 34.6. The van der Waals surface area contributed by atoms with Gasteiger partial charge in [0, 0.05) is 47.9 Å². The molecule has 0 saturated carbocycles. The number of rotatable bonds is 12. The van der Waals surface area contributed by atoms with Gasteiger partial charge in [-0.15, -0.1) is 6.58 Å². The second-order valence-electron chi connectivity index (χ2n) is 11.2. The number of halogens is 19. The molecule has 0 amide bonds. The standard InChI is InChI=1S/2C8H11F4IO2.C6H8F4.C5H7O2.C3H3F4I/c2*1-5(14)15-4-6(13)3-7(2,9)8(10,11)12;1-3-4-5(2,7)6(8,9)10;1-3-4-7-5(2)6;1-2(4,8)3(5,6)7/h2*6H,3-4H2,1-2H3;3H,1,4H2,2H3;1,3H,4H2,2H3;1H3/q;;;+1;. The molecule has 6 atom stereocenters. The molecule has 0 aliphatic rings. The second kappa shape index (κ2) is 26.8. The molecule has 328 valence electrons. The zero-order valence-electron chi connectivity index (χ0n) is 30.0. The Kier molecular flexibility index (Phi) is 30.7. The molecule has 0 aromatic carbocycles. The summed E-state index contributed by atoms with van der Waals surface area (Å²) in [6, 6.07) is 0. The van der Waals surface area contributed by atoms with E-state index in [0.717, 1.165) is 19.9 Å². The van der Waals surface area contributed by atoms with Gasteiger partial charge in [0.05, 0.1) is 0 Å². The van der Waals surface area contributed by atoms with Crippen LogP contribution < -0.4 is 0 Å². The summed E-state index contributed by atoms with van der Waals surface area (Å²) in [7, 11) is 0. The fraction of sp³-hybridized carbons (Fsp3) is 0.767. The normalized spacial score (nSPS) is 17.0. The summed E-state index contributed by atoms with van der Waals surface area (Å²) in [6.07, 6.45) is -19.3. The lowest BCUT2D eigenvalue weighted by molar-refractivity contribution is -0.226. The van der Waals surface area contributed by atoms with E-state index in [9.17, 15) is 84.6 Å². The molecule has 0 aliphatic carbocycles. The predicted molar refractivity (Wildman–Crippen MR) is 195 cm³/mol. The van der Waals surface area contributed by atoms with Crippen LogP contribution in [0.3, 0.4) is 0 Å². The molecule has 6 unspecified atom stereocenters. The Bertz CT molecular complexity index is 1070. The zero-order chi connectivity index (χ0) is 45.7. The van der Waals surface area contributed by atoms with Gasteiger partial charge in [0.2, 0.25) is 23.6 Å². The molecular weight excluding hydrogens is 1140 g/mol. The van der Waals surface area contributed by atoms with Crippen molar-refractivity contribution < 1.29 is 98.8 Å². The molecule has 0 fully saturated rings. The SMILES string of the molecule is C=CCC(C)(F)C(F)(F)F.CC(=O)OCC(I)CC(C)(F)C(F)(F)F.CC(=O)OCC(I)CC(C)(F)C(F)(F)F.CC(F)(I)C(F)(F)F.[CH+]=CCOC(C)=O. The zero-order valence-corrected chi connectivity index (χ0v) is 36.4. The highest BCUT2D eigenvalue weighted by molar-refractivity contribution is 14.1. The fourth-order valence-electron chi connectivity index (χ4n) is 2.15. The lowest BCUT2D eigenvalue weighted by Gasteiger charge is -2.25. The van der Waals surface area contributed by atoms with Gasteiger partial charge >= 0.3 is 42.6 Å². The van der Waals surface area contributed by atoms with Gasteiger partial charge in [-0.05, 0) is 50.3 Å². The number of hydrogen-bond donors (Lipinski definition) is 0. The van der Waals surface area contributed by atoms with Gasteiger partial charge in [-0.1, -0.05) is 51.3 Å². The Morgan fingerprint density at radius 2 is 0.836 bits per heavy atom. The van der Waals surface area contributed by atoms with Crippen LogP contribution in [-0.4, -0.2) is 91.0 Å². The Hall–Kier alpha value is -1.13. The van der Waals surface area contributed by atoms with Crippen LogP contribution in [0.1, 0.15) is 67.7 Å². The average Bonchev–Trinajstić information content (AvgIpc) is 2.92. The first-order valence-electron chi connectivity index (χ1n) is 14.5. The van der Waals surface area contributed by atoms with Crippen LogP contribution in [0.4, 0.5) is 70.2 Å². The van der Waals surface area contributed by atoms with E-state index >= 15 is 0 Å². The van der Waals surface area contributed by atoms with Crippen LogP contribution in [0, 0.1) is 6.58 Å². The molecule has 0 spiro atoms. The van der Waals surface area contributed by atoms with Gasteiger partial charge in [-0.2, -0.15) is 52.7 Å². The van der Waals surface area contributed by atoms with Gasteiger partial charge in [-0.25, -0.2) is 17.6 Å². The summed E-state index contributed by atoms with van der Waals surface area (Å²) in [5.41, 5.74) is -9.63. The van der Waals surface area contributed by atoms with E-state index in [1.807, 2.05) is 0 Å². The van der Waals surface area contributed by atoms with Crippen LogP contribution >= 0.6 is 67.8 Å². The minimum atomic E-state index is -4.90. The number of alkyl halides is 19. The summed E-state index contributed by atoms with van der Waals surface area (Å²) >= 11 is 3.94. The Labute approximate surface area is 348 Å². The van der Waals surface area contributed by atoms with Crippen molar-refractivity contribution in [2.45, 2.75) is 121 Å². The molecule has 0 rings (SSSR count). The number of ether oxygens (including phenoxy) is 3. The molecule has 0 heterocycles. The number of hydrogen-bond acceptors (Lipinski definition) is 6. The Balaban J connectivity index is -0.000000196. The maximum Gasteiger partial charge on any atom is 0.431 e.